The van der Waals surface area contributed by atoms with E-state index in [9.17, 15) is 0 Å². The molecule has 0 N–H and O–H groups in total. The summed E-state index contributed by atoms with van der Waals surface area (Å²) in [6.07, 6.45) is 18.1. The Balaban J connectivity index is 0.000000332. The summed E-state index contributed by atoms with van der Waals surface area (Å²) in [5.41, 5.74) is 1.26. The van der Waals surface area contributed by atoms with Crippen LogP contribution in [-0.2, 0) is 4.43 Å². The molecule has 1 atom stereocenters. The van der Waals surface area contributed by atoms with Gasteiger partial charge in [0.05, 0.1) is 7.83 Å². The standard InChI is InChI=1S/C20H43OSi4.3C4H9.Sn/c1-23(2,3)21-19(22(24(4,5)6)25(7,8)9)20-13-16-10-17(14-20)12-18(11-16)15-20;3*1-3-4-2;/h16-19H,10-15H2,1-9H3;3*1,3-4H2,2H3;. The molecule has 4 aliphatic carbocycles. The van der Waals surface area contributed by atoms with Gasteiger partial charge in [-0.3, -0.25) is 0 Å². The van der Waals surface area contributed by atoms with E-state index < -0.39 is 51.1 Å². The van der Waals surface area contributed by atoms with Gasteiger partial charge in [-0.25, -0.2) is 0 Å². The van der Waals surface area contributed by atoms with Crippen molar-refractivity contribution in [2.75, 3.05) is 0 Å². The van der Waals surface area contributed by atoms with Crippen LogP contribution in [0.25, 0.3) is 0 Å². The Labute approximate surface area is 252 Å². The van der Waals surface area contributed by atoms with Gasteiger partial charge >= 0.3 is 92.4 Å². The van der Waals surface area contributed by atoms with Gasteiger partial charge in [0, 0.05) is 20.9 Å². The number of rotatable bonds is 15. The van der Waals surface area contributed by atoms with Gasteiger partial charge in [-0.05, 0) is 81.3 Å². The molecule has 4 saturated carbocycles. The molecule has 224 valence electrons. The maximum atomic E-state index is 7.29. The first-order valence-electron chi connectivity index (χ1n) is 16.9. The molecule has 0 heterocycles. The Bertz CT molecular complexity index is 610. The molecule has 4 aliphatic rings. The minimum Gasteiger partial charge on any atom is -0.418 e. The summed E-state index contributed by atoms with van der Waals surface area (Å²) in [6.45, 7) is 30.4. The Morgan fingerprint density at radius 1 is 0.658 bits per heavy atom. The molecule has 0 aromatic carbocycles. The molecule has 4 fully saturated rings. The molecular weight excluding hydrogens is 631 g/mol. The van der Waals surface area contributed by atoms with Gasteiger partial charge in [0.15, 0.2) is 8.32 Å². The second-order valence-corrected chi connectivity index (χ2v) is 54.0. The first kappa shape index (κ1) is 35.8. The predicted molar refractivity (Wildman–Crippen MR) is 186 cm³/mol. The van der Waals surface area contributed by atoms with E-state index in [4.69, 9.17) is 4.43 Å². The average Bonchev–Trinajstić information content (AvgIpc) is 2.75. The Morgan fingerprint density at radius 2 is 1.00 bits per heavy atom. The van der Waals surface area contributed by atoms with E-state index in [0.29, 0.717) is 11.1 Å². The van der Waals surface area contributed by atoms with Crippen LogP contribution in [0.2, 0.25) is 72.2 Å². The first-order chi connectivity index (χ1) is 17.5. The molecule has 4 rings (SSSR count). The summed E-state index contributed by atoms with van der Waals surface area (Å²) < 4.78 is 12.3. The van der Waals surface area contributed by atoms with Crippen LogP contribution in [0.3, 0.4) is 0 Å². The Hall–Kier alpha value is 1.63. The largest absolute Gasteiger partial charge is 0.418 e. The third kappa shape index (κ3) is 11.0. The molecule has 4 bridgehead atoms. The SMILES string of the molecule is CCC[CH2][Sn]([CH2]CCC)[CH2]CCC.C[Si](C)(C)OC([Si]([Si](C)(C)C)[Si](C)(C)C)C12CC3CC(CC(C3)C1)C2. The topological polar surface area (TPSA) is 9.23 Å². The summed E-state index contributed by atoms with van der Waals surface area (Å²) in [4.78, 5) is 0. The van der Waals surface area contributed by atoms with E-state index in [2.05, 4.69) is 79.7 Å². The maximum Gasteiger partial charge on any atom is 0.183 e. The maximum absolute atomic E-state index is 7.29. The van der Waals surface area contributed by atoms with Crippen molar-refractivity contribution in [3.8, 4) is 0 Å². The molecule has 6 heteroatoms. The van der Waals surface area contributed by atoms with Crippen LogP contribution < -0.4 is 0 Å². The molecule has 0 saturated heterocycles. The quantitative estimate of drug-likeness (QED) is 0.155. The van der Waals surface area contributed by atoms with Crippen LogP contribution in [0.15, 0.2) is 0 Å². The minimum atomic E-state index is -1.52. The van der Waals surface area contributed by atoms with Crippen LogP contribution in [0, 0.1) is 23.2 Å². The zero-order valence-corrected chi connectivity index (χ0v) is 35.2. The summed E-state index contributed by atoms with van der Waals surface area (Å²) in [5, 5.41) is 0. The van der Waals surface area contributed by atoms with Crippen molar-refractivity contribution in [2.24, 2.45) is 23.2 Å². The van der Waals surface area contributed by atoms with Crippen LogP contribution in [-0.4, -0.2) is 56.8 Å². The number of hydrogen-bond donors (Lipinski definition) is 0. The van der Waals surface area contributed by atoms with Crippen molar-refractivity contribution in [2.45, 2.75) is 176 Å². The van der Waals surface area contributed by atoms with E-state index in [1.165, 1.54) is 57.8 Å². The van der Waals surface area contributed by atoms with Crippen molar-refractivity contribution in [1.29, 1.82) is 0 Å². The molecule has 2 radical (unpaired) electrons. The summed E-state index contributed by atoms with van der Waals surface area (Å²) >= 11 is -0.839. The monoisotopic (exact) mass is 702 g/mol. The van der Waals surface area contributed by atoms with Gasteiger partial charge in [-0.2, -0.15) is 0 Å². The van der Waals surface area contributed by atoms with Crippen molar-refractivity contribution >= 4 is 51.1 Å². The van der Waals surface area contributed by atoms with Gasteiger partial charge in [0.25, 0.3) is 0 Å². The Morgan fingerprint density at radius 3 is 1.26 bits per heavy atom. The van der Waals surface area contributed by atoms with Crippen molar-refractivity contribution in [1.82, 2.24) is 0 Å². The predicted octanol–water partition coefficient (Wildman–Crippen LogP) is 11.2. The molecule has 38 heavy (non-hydrogen) atoms. The van der Waals surface area contributed by atoms with Crippen LogP contribution >= 0.6 is 0 Å². The van der Waals surface area contributed by atoms with Crippen molar-refractivity contribution < 1.29 is 4.43 Å². The molecule has 0 aliphatic heterocycles. The Kier molecular flexibility index (Phi) is 14.5. The van der Waals surface area contributed by atoms with E-state index in [0.717, 1.165) is 17.8 Å². The summed E-state index contributed by atoms with van der Waals surface area (Å²) in [5.74, 6) is 3.14. The van der Waals surface area contributed by atoms with E-state index in [1.54, 1.807) is 32.6 Å². The molecule has 0 aromatic rings. The smallest absolute Gasteiger partial charge is 0.183 e. The molecule has 1 nitrogen and oxygen atoms in total. The second kappa shape index (κ2) is 15.4. The van der Waals surface area contributed by atoms with Gasteiger partial charge in [0.1, 0.15) is 0 Å². The van der Waals surface area contributed by atoms with E-state index >= 15 is 0 Å². The summed E-state index contributed by atoms with van der Waals surface area (Å²) in [6, 6.07) is 0. The van der Waals surface area contributed by atoms with Crippen LogP contribution in [0.5, 0.6) is 0 Å². The molecular formula is C32H70OSi4Sn. The first-order valence-corrected chi connectivity index (χ1v) is 37.0. The molecule has 0 amide bonds. The van der Waals surface area contributed by atoms with Gasteiger partial charge in [-0.15, -0.1) is 0 Å². The molecule has 0 spiro atoms. The second-order valence-electron chi connectivity index (χ2n) is 16.9. The van der Waals surface area contributed by atoms with E-state index in [1.807, 2.05) is 0 Å². The molecule has 0 aromatic heterocycles. The average molecular weight is 702 g/mol. The number of hydrogen-bond acceptors (Lipinski definition) is 1. The fourth-order valence-electron chi connectivity index (χ4n) is 8.91. The van der Waals surface area contributed by atoms with Gasteiger partial charge in [0.2, 0.25) is 0 Å². The zero-order valence-electron chi connectivity index (χ0n) is 28.3. The van der Waals surface area contributed by atoms with E-state index in [-0.39, 0.29) is 0 Å². The third-order valence-corrected chi connectivity index (χ3v) is 49.2. The number of unbranched alkanes of at least 4 members (excludes halogenated alkanes) is 3. The van der Waals surface area contributed by atoms with Crippen LogP contribution in [0.4, 0.5) is 0 Å². The minimum absolute atomic E-state index is 0.417. The van der Waals surface area contributed by atoms with Crippen molar-refractivity contribution in [3.63, 3.8) is 0 Å². The third-order valence-electron chi connectivity index (χ3n) is 9.64. The fraction of sp³-hybridized carbons (Fsp3) is 1.00. The van der Waals surface area contributed by atoms with Crippen molar-refractivity contribution in [3.05, 3.63) is 0 Å². The summed E-state index contributed by atoms with van der Waals surface area (Å²) in [7, 11) is -4.29. The van der Waals surface area contributed by atoms with Gasteiger partial charge < -0.3 is 4.43 Å². The zero-order chi connectivity index (χ0) is 28.8. The fourth-order valence-corrected chi connectivity index (χ4v) is 60.3. The molecule has 1 unspecified atom stereocenters. The van der Waals surface area contributed by atoms with Gasteiger partial charge in [-0.1, -0.05) is 39.3 Å². The van der Waals surface area contributed by atoms with Crippen LogP contribution in [0.1, 0.15) is 97.8 Å². The normalized spacial score (nSPS) is 28.1.